The molecular weight excluding hydrogens is 258 g/mol. The van der Waals surface area contributed by atoms with Gasteiger partial charge in [-0.1, -0.05) is 42.8 Å². The minimum absolute atomic E-state index is 0.173. The Morgan fingerprint density at radius 1 is 1.00 bits per heavy atom. The first-order valence-electron chi connectivity index (χ1n) is 7.63. The van der Waals surface area contributed by atoms with Gasteiger partial charge in [0.05, 0.1) is 6.54 Å². The van der Waals surface area contributed by atoms with Crippen LogP contribution in [0.5, 0.6) is 5.75 Å². The Morgan fingerprint density at radius 3 is 2.43 bits per heavy atom. The molecule has 0 saturated heterocycles. The zero-order chi connectivity index (χ0) is 15.2. The molecule has 0 fully saturated rings. The van der Waals surface area contributed by atoms with Crippen molar-refractivity contribution in [2.75, 3.05) is 11.9 Å². The first-order valence-corrected chi connectivity index (χ1v) is 7.63. The van der Waals surface area contributed by atoms with Gasteiger partial charge in [0.25, 0.3) is 0 Å². The number of aryl methyl sites for hydroxylation is 3. The summed E-state index contributed by atoms with van der Waals surface area (Å²) in [6.07, 6.45) is 1.15. The number of ether oxygens (including phenoxy) is 1. The molecule has 0 spiro atoms. The second-order valence-corrected chi connectivity index (χ2v) is 5.61. The predicted molar refractivity (Wildman–Crippen MR) is 90.3 cm³/mol. The van der Waals surface area contributed by atoms with E-state index in [1.54, 1.807) is 0 Å². The van der Waals surface area contributed by atoms with Gasteiger partial charge < -0.3 is 10.1 Å². The fourth-order valence-corrected chi connectivity index (χ4v) is 2.37. The van der Waals surface area contributed by atoms with Crippen LogP contribution in [-0.4, -0.2) is 12.6 Å². The monoisotopic (exact) mass is 283 g/mol. The van der Waals surface area contributed by atoms with Crippen molar-refractivity contribution in [3.63, 3.8) is 0 Å². The van der Waals surface area contributed by atoms with E-state index in [1.807, 2.05) is 18.2 Å². The number of hydrogen-bond acceptors (Lipinski definition) is 2. The molecule has 0 aliphatic carbocycles. The Balaban J connectivity index is 1.98. The molecule has 1 atom stereocenters. The minimum atomic E-state index is 0.173. The minimum Gasteiger partial charge on any atom is -0.488 e. The van der Waals surface area contributed by atoms with Crippen molar-refractivity contribution in [2.45, 2.75) is 40.2 Å². The maximum Gasteiger partial charge on any atom is 0.122 e. The van der Waals surface area contributed by atoms with E-state index in [4.69, 9.17) is 4.74 Å². The zero-order valence-electron chi connectivity index (χ0n) is 13.4. The van der Waals surface area contributed by atoms with Crippen LogP contribution in [0.1, 0.15) is 30.0 Å². The van der Waals surface area contributed by atoms with Gasteiger partial charge in [0.2, 0.25) is 0 Å². The lowest BCUT2D eigenvalue weighted by Crippen LogP contribution is -2.26. The highest BCUT2D eigenvalue weighted by atomic mass is 16.5. The zero-order valence-corrected chi connectivity index (χ0v) is 13.4. The first kappa shape index (κ1) is 15.4. The Labute approximate surface area is 128 Å². The van der Waals surface area contributed by atoms with Crippen LogP contribution in [0.25, 0.3) is 0 Å². The van der Waals surface area contributed by atoms with E-state index in [0.29, 0.717) is 0 Å². The van der Waals surface area contributed by atoms with Crippen molar-refractivity contribution in [3.8, 4) is 5.75 Å². The predicted octanol–water partition coefficient (Wildman–Crippen LogP) is 4.88. The molecule has 1 unspecified atom stereocenters. The van der Waals surface area contributed by atoms with Crippen molar-refractivity contribution in [1.29, 1.82) is 0 Å². The second kappa shape index (κ2) is 7.16. The van der Waals surface area contributed by atoms with E-state index in [2.05, 4.69) is 57.3 Å². The van der Waals surface area contributed by atoms with Crippen LogP contribution in [0.15, 0.2) is 42.5 Å². The summed E-state index contributed by atoms with van der Waals surface area (Å²) in [6.45, 7) is 9.31. The molecule has 0 aliphatic heterocycles. The molecule has 2 nitrogen and oxygen atoms in total. The molecule has 112 valence electrons. The highest BCUT2D eigenvalue weighted by molar-refractivity contribution is 5.52. The van der Waals surface area contributed by atoms with Gasteiger partial charge in [0.1, 0.15) is 11.9 Å². The third kappa shape index (κ3) is 4.25. The number of nitrogens with one attached hydrogen (secondary N) is 1. The lowest BCUT2D eigenvalue weighted by molar-refractivity contribution is 0.208. The normalized spacial score (nSPS) is 12.0. The first-order chi connectivity index (χ1) is 10.1. The number of benzene rings is 2. The molecule has 0 aromatic heterocycles. The number of para-hydroxylation sites is 1. The highest BCUT2D eigenvalue weighted by Crippen LogP contribution is 2.20. The third-order valence-corrected chi connectivity index (χ3v) is 3.74. The molecular formula is C19H25NO. The van der Waals surface area contributed by atoms with Crippen LogP contribution in [0, 0.1) is 20.8 Å². The molecule has 2 heteroatoms. The highest BCUT2D eigenvalue weighted by Gasteiger charge is 2.10. The van der Waals surface area contributed by atoms with Gasteiger partial charge in [-0.25, -0.2) is 0 Å². The van der Waals surface area contributed by atoms with Gasteiger partial charge in [-0.3, -0.25) is 0 Å². The molecule has 2 rings (SSSR count). The molecule has 0 radical (unpaired) electrons. The standard InChI is InChI=1S/C19H25NO/c1-5-17(21-19-9-7-6-8-15(19)3)13-20-18-11-10-14(2)12-16(18)4/h6-12,17,20H,5,13H2,1-4H3. The summed E-state index contributed by atoms with van der Waals surface area (Å²) < 4.78 is 6.12. The number of hydrogen-bond donors (Lipinski definition) is 1. The van der Waals surface area contributed by atoms with Gasteiger partial charge in [-0.15, -0.1) is 0 Å². The number of anilines is 1. The molecule has 0 heterocycles. The van der Waals surface area contributed by atoms with Gasteiger partial charge >= 0.3 is 0 Å². The molecule has 21 heavy (non-hydrogen) atoms. The van der Waals surface area contributed by atoms with E-state index in [0.717, 1.165) is 18.7 Å². The van der Waals surface area contributed by atoms with E-state index < -0.39 is 0 Å². The quantitative estimate of drug-likeness (QED) is 0.815. The Morgan fingerprint density at radius 2 is 1.76 bits per heavy atom. The molecule has 1 N–H and O–H groups in total. The average Bonchev–Trinajstić information content (AvgIpc) is 2.47. The van der Waals surface area contributed by atoms with Gasteiger partial charge in [-0.2, -0.15) is 0 Å². The summed E-state index contributed by atoms with van der Waals surface area (Å²) >= 11 is 0. The fraction of sp³-hybridized carbons (Fsp3) is 0.368. The topological polar surface area (TPSA) is 21.3 Å². The summed E-state index contributed by atoms with van der Waals surface area (Å²) in [7, 11) is 0. The summed E-state index contributed by atoms with van der Waals surface area (Å²) in [5.74, 6) is 0.978. The van der Waals surface area contributed by atoms with Crippen molar-refractivity contribution < 1.29 is 4.74 Å². The summed E-state index contributed by atoms with van der Waals surface area (Å²) in [6, 6.07) is 14.7. The van der Waals surface area contributed by atoms with E-state index in [9.17, 15) is 0 Å². The lowest BCUT2D eigenvalue weighted by Gasteiger charge is -2.20. The average molecular weight is 283 g/mol. The summed E-state index contributed by atoms with van der Waals surface area (Å²) in [5.41, 5.74) is 4.94. The van der Waals surface area contributed by atoms with Crippen LogP contribution in [0.4, 0.5) is 5.69 Å². The largest absolute Gasteiger partial charge is 0.488 e. The molecule has 0 saturated carbocycles. The molecule has 2 aromatic rings. The van der Waals surface area contributed by atoms with Crippen molar-refractivity contribution >= 4 is 5.69 Å². The second-order valence-electron chi connectivity index (χ2n) is 5.61. The number of rotatable bonds is 6. The maximum atomic E-state index is 6.12. The van der Waals surface area contributed by atoms with Crippen LogP contribution in [0.2, 0.25) is 0 Å². The van der Waals surface area contributed by atoms with Crippen LogP contribution < -0.4 is 10.1 Å². The van der Waals surface area contributed by atoms with Gasteiger partial charge in [0, 0.05) is 5.69 Å². The maximum absolute atomic E-state index is 6.12. The summed E-state index contributed by atoms with van der Waals surface area (Å²) in [4.78, 5) is 0. The Kier molecular flexibility index (Phi) is 5.26. The van der Waals surface area contributed by atoms with E-state index >= 15 is 0 Å². The lowest BCUT2D eigenvalue weighted by atomic mass is 10.1. The van der Waals surface area contributed by atoms with Crippen LogP contribution in [-0.2, 0) is 0 Å². The van der Waals surface area contributed by atoms with E-state index in [-0.39, 0.29) is 6.10 Å². The van der Waals surface area contributed by atoms with E-state index in [1.165, 1.54) is 22.4 Å². The van der Waals surface area contributed by atoms with Gasteiger partial charge in [-0.05, 0) is 50.5 Å². The van der Waals surface area contributed by atoms with Crippen molar-refractivity contribution in [2.24, 2.45) is 0 Å². The van der Waals surface area contributed by atoms with Crippen LogP contribution in [0.3, 0.4) is 0 Å². The van der Waals surface area contributed by atoms with Crippen molar-refractivity contribution in [3.05, 3.63) is 59.2 Å². The summed E-state index contributed by atoms with van der Waals surface area (Å²) in [5, 5.41) is 3.51. The Hall–Kier alpha value is -1.96. The van der Waals surface area contributed by atoms with Gasteiger partial charge in [0.15, 0.2) is 0 Å². The SMILES string of the molecule is CCC(CNc1ccc(C)cc1C)Oc1ccccc1C. The smallest absolute Gasteiger partial charge is 0.122 e. The molecule has 2 aromatic carbocycles. The molecule has 0 bridgehead atoms. The molecule has 0 amide bonds. The third-order valence-electron chi connectivity index (χ3n) is 3.74. The fourth-order valence-electron chi connectivity index (χ4n) is 2.37. The van der Waals surface area contributed by atoms with Crippen molar-refractivity contribution in [1.82, 2.24) is 0 Å². The Bertz CT molecular complexity index is 592. The van der Waals surface area contributed by atoms with Crippen LogP contribution >= 0.6 is 0 Å². The molecule has 0 aliphatic rings.